The molecule has 0 radical (unpaired) electrons. The van der Waals surface area contributed by atoms with Crippen molar-refractivity contribution in [1.29, 1.82) is 0 Å². The molecule has 0 atom stereocenters. The number of hydrogen-bond donors (Lipinski definition) is 0. The van der Waals surface area contributed by atoms with Crippen molar-refractivity contribution in [2.45, 2.75) is 6.61 Å². The molecule has 3 heteroatoms. The van der Waals surface area contributed by atoms with Crippen molar-refractivity contribution in [2.75, 3.05) is 7.05 Å². The average molecular weight is 367 g/mol. The van der Waals surface area contributed by atoms with E-state index in [2.05, 4.69) is 30.3 Å². The summed E-state index contributed by atoms with van der Waals surface area (Å²) < 4.78 is 0. The normalized spacial score (nSPS) is 11.3. The Morgan fingerprint density at radius 2 is 1.43 bits per heavy atom. The van der Waals surface area contributed by atoms with E-state index in [-0.39, 0.29) is 5.91 Å². The monoisotopic (exact) mass is 367 g/mol. The van der Waals surface area contributed by atoms with E-state index in [1.165, 1.54) is 11.1 Å². The lowest BCUT2D eigenvalue weighted by molar-refractivity contribution is -0.176. The van der Waals surface area contributed by atoms with Gasteiger partial charge in [-0.05, 0) is 44.8 Å². The molecule has 4 rings (SSSR count). The molecule has 0 spiro atoms. The van der Waals surface area contributed by atoms with Crippen LogP contribution in [0.1, 0.15) is 11.1 Å². The summed E-state index contributed by atoms with van der Waals surface area (Å²) in [6.45, 7) is 0.323. The van der Waals surface area contributed by atoms with Gasteiger partial charge < -0.3 is 0 Å². The summed E-state index contributed by atoms with van der Waals surface area (Å²) in [7, 11) is 1.64. The van der Waals surface area contributed by atoms with E-state index in [0.29, 0.717) is 6.61 Å². The minimum atomic E-state index is -0.201. The third-order valence-corrected chi connectivity index (χ3v) is 4.81. The maximum absolute atomic E-state index is 12.4. The first-order valence-corrected chi connectivity index (χ1v) is 9.25. The molecule has 1 amide bonds. The van der Waals surface area contributed by atoms with Crippen LogP contribution in [0.3, 0.4) is 0 Å². The first-order valence-electron chi connectivity index (χ1n) is 9.25. The van der Waals surface area contributed by atoms with Gasteiger partial charge in [-0.15, -0.1) is 0 Å². The summed E-state index contributed by atoms with van der Waals surface area (Å²) >= 11 is 0. The number of hydroxylamine groups is 2. The molecule has 0 saturated carbocycles. The second kappa shape index (κ2) is 8.07. The molecule has 28 heavy (non-hydrogen) atoms. The summed E-state index contributed by atoms with van der Waals surface area (Å²) in [6.07, 6.45) is 3.31. The number of carbonyl (C=O) groups is 1. The van der Waals surface area contributed by atoms with Gasteiger partial charge in [0, 0.05) is 13.1 Å². The van der Waals surface area contributed by atoms with Crippen LogP contribution in [0.15, 0.2) is 91.0 Å². The van der Waals surface area contributed by atoms with Crippen LogP contribution in [-0.2, 0) is 16.2 Å². The molecule has 0 bridgehead atoms. The maximum atomic E-state index is 12.4. The molecule has 0 aromatic heterocycles. The summed E-state index contributed by atoms with van der Waals surface area (Å²) in [4.78, 5) is 18.2. The van der Waals surface area contributed by atoms with E-state index in [9.17, 15) is 4.79 Å². The standard InChI is InChI=1S/C25H21NO2/c1-26(25(27)16-15-19-9-3-2-4-10-19)28-18-24-22-13-7-5-11-20(22)17-21-12-6-8-14-23(21)24/h2-17H,18H2,1H3/b16-15+. The Labute approximate surface area is 164 Å². The molecule has 0 aliphatic carbocycles. The first-order chi connectivity index (χ1) is 13.7. The molecule has 0 unspecified atom stereocenters. The molecule has 3 nitrogen and oxygen atoms in total. The fourth-order valence-electron chi connectivity index (χ4n) is 3.33. The van der Waals surface area contributed by atoms with Gasteiger partial charge in [0.2, 0.25) is 0 Å². The number of likely N-dealkylation sites (N-methyl/N-ethyl adjacent to an activating group) is 1. The smallest absolute Gasteiger partial charge is 0.267 e. The van der Waals surface area contributed by atoms with Gasteiger partial charge >= 0.3 is 0 Å². The summed E-state index contributed by atoms with van der Waals surface area (Å²) in [5.41, 5.74) is 2.06. The van der Waals surface area contributed by atoms with Gasteiger partial charge in [0.25, 0.3) is 5.91 Å². The van der Waals surface area contributed by atoms with Crippen molar-refractivity contribution in [3.63, 3.8) is 0 Å². The highest BCUT2D eigenvalue weighted by Crippen LogP contribution is 2.29. The molecule has 0 N–H and O–H groups in total. The number of benzene rings is 4. The van der Waals surface area contributed by atoms with Crippen molar-refractivity contribution in [2.24, 2.45) is 0 Å². The van der Waals surface area contributed by atoms with E-state index in [4.69, 9.17) is 4.84 Å². The summed E-state index contributed by atoms with van der Waals surface area (Å²) in [6, 6.07) is 28.4. The Balaban J connectivity index is 1.56. The van der Waals surface area contributed by atoms with Crippen LogP contribution in [-0.4, -0.2) is 18.0 Å². The zero-order valence-corrected chi connectivity index (χ0v) is 15.7. The minimum Gasteiger partial charge on any atom is -0.267 e. The predicted molar refractivity (Wildman–Crippen MR) is 114 cm³/mol. The number of fused-ring (bicyclic) bond motifs is 2. The Morgan fingerprint density at radius 1 is 0.857 bits per heavy atom. The number of carbonyl (C=O) groups excluding carboxylic acids is 1. The van der Waals surface area contributed by atoms with Crippen molar-refractivity contribution in [1.82, 2.24) is 5.06 Å². The molecule has 0 heterocycles. The molecule has 0 saturated heterocycles. The van der Waals surface area contributed by atoms with Gasteiger partial charge in [-0.25, -0.2) is 5.06 Å². The number of amides is 1. The maximum Gasteiger partial charge on any atom is 0.269 e. The highest BCUT2D eigenvalue weighted by molar-refractivity contribution is 6.02. The lowest BCUT2D eigenvalue weighted by Gasteiger charge is -2.17. The topological polar surface area (TPSA) is 29.5 Å². The minimum absolute atomic E-state index is 0.201. The Kier molecular flexibility index (Phi) is 5.18. The van der Waals surface area contributed by atoms with Crippen molar-refractivity contribution < 1.29 is 9.63 Å². The molecule has 0 fully saturated rings. The van der Waals surface area contributed by atoms with Gasteiger partial charge in [0.1, 0.15) is 6.61 Å². The van der Waals surface area contributed by atoms with Gasteiger partial charge in [-0.2, -0.15) is 0 Å². The van der Waals surface area contributed by atoms with Gasteiger partial charge in [0.15, 0.2) is 0 Å². The van der Waals surface area contributed by atoms with Gasteiger partial charge in [-0.1, -0.05) is 78.9 Å². The van der Waals surface area contributed by atoms with E-state index in [1.54, 1.807) is 13.1 Å². The fraction of sp³-hybridized carbons (Fsp3) is 0.0800. The van der Waals surface area contributed by atoms with Gasteiger partial charge in [-0.3, -0.25) is 9.63 Å². The van der Waals surface area contributed by atoms with Gasteiger partial charge in [0.05, 0.1) is 0 Å². The predicted octanol–water partition coefficient (Wildman–Crippen LogP) is 5.60. The molecule has 4 aromatic carbocycles. The molecule has 0 aliphatic heterocycles. The zero-order valence-electron chi connectivity index (χ0n) is 15.7. The SMILES string of the molecule is CN(OCc1c2ccccc2cc2ccccc12)C(=O)/C=C/c1ccccc1. The van der Waals surface area contributed by atoms with E-state index >= 15 is 0 Å². The largest absolute Gasteiger partial charge is 0.269 e. The van der Waals surface area contributed by atoms with Crippen molar-refractivity contribution in [3.05, 3.63) is 102 Å². The van der Waals surface area contributed by atoms with Crippen LogP contribution in [0.25, 0.3) is 27.6 Å². The molecular weight excluding hydrogens is 346 g/mol. The van der Waals surface area contributed by atoms with Crippen LogP contribution in [0.4, 0.5) is 0 Å². The lowest BCUT2D eigenvalue weighted by Crippen LogP contribution is -2.25. The molecular formula is C25H21NO2. The lowest BCUT2D eigenvalue weighted by atomic mass is 9.97. The van der Waals surface area contributed by atoms with E-state index in [0.717, 1.165) is 32.7 Å². The molecule has 0 aliphatic rings. The average Bonchev–Trinajstić information content (AvgIpc) is 2.75. The quantitative estimate of drug-likeness (QED) is 0.261. The van der Waals surface area contributed by atoms with E-state index < -0.39 is 0 Å². The second-order valence-electron chi connectivity index (χ2n) is 6.65. The Bertz CT molecular complexity index is 1090. The Hall–Kier alpha value is -3.43. The van der Waals surface area contributed by atoms with Crippen molar-refractivity contribution >= 4 is 33.5 Å². The van der Waals surface area contributed by atoms with Crippen LogP contribution in [0.2, 0.25) is 0 Å². The highest BCUT2D eigenvalue weighted by atomic mass is 16.7. The third kappa shape index (κ3) is 3.80. The van der Waals surface area contributed by atoms with Crippen molar-refractivity contribution in [3.8, 4) is 0 Å². The van der Waals surface area contributed by atoms with Crippen LogP contribution in [0, 0.1) is 0 Å². The number of nitrogens with zero attached hydrogens (tertiary/aromatic N) is 1. The highest BCUT2D eigenvalue weighted by Gasteiger charge is 2.11. The summed E-state index contributed by atoms with van der Waals surface area (Å²) in [5.74, 6) is -0.201. The molecule has 138 valence electrons. The zero-order chi connectivity index (χ0) is 19.3. The third-order valence-electron chi connectivity index (χ3n) is 4.81. The Morgan fingerprint density at radius 3 is 2.07 bits per heavy atom. The second-order valence-corrected chi connectivity index (χ2v) is 6.65. The summed E-state index contributed by atoms with van der Waals surface area (Å²) in [5, 5.41) is 5.90. The van der Waals surface area contributed by atoms with E-state index in [1.807, 2.05) is 54.6 Å². The van der Waals surface area contributed by atoms with Crippen LogP contribution in [0.5, 0.6) is 0 Å². The number of hydrogen-bond acceptors (Lipinski definition) is 2. The van der Waals surface area contributed by atoms with Crippen LogP contribution < -0.4 is 0 Å². The first kappa shape index (κ1) is 18.0. The fourth-order valence-corrected chi connectivity index (χ4v) is 3.33. The van der Waals surface area contributed by atoms with Crippen LogP contribution >= 0.6 is 0 Å². The molecule has 4 aromatic rings. The number of rotatable bonds is 5.